The lowest BCUT2D eigenvalue weighted by Gasteiger charge is -2.20. The van der Waals surface area contributed by atoms with Crippen LogP contribution in [0, 0.1) is 5.92 Å². The fourth-order valence-corrected chi connectivity index (χ4v) is 3.87. The molecule has 1 saturated heterocycles. The van der Waals surface area contributed by atoms with E-state index in [-0.39, 0.29) is 12.4 Å². The first-order valence-electron chi connectivity index (χ1n) is 9.65. The first kappa shape index (κ1) is 21.6. The summed E-state index contributed by atoms with van der Waals surface area (Å²) in [7, 11) is 0. The molecule has 2 aromatic rings. The molecule has 6 heteroatoms. The normalized spacial score (nSPS) is 19.7. The maximum absolute atomic E-state index is 5.84. The second-order valence-electron chi connectivity index (χ2n) is 7.22. The molecule has 0 bridgehead atoms. The summed E-state index contributed by atoms with van der Waals surface area (Å²) < 4.78 is 0. The van der Waals surface area contributed by atoms with Crippen molar-refractivity contribution in [2.75, 3.05) is 38.5 Å². The summed E-state index contributed by atoms with van der Waals surface area (Å²) in [5, 5.41) is 3.78. The van der Waals surface area contributed by atoms with Gasteiger partial charge in [-0.2, -0.15) is 0 Å². The first-order valence-corrected chi connectivity index (χ1v) is 9.65. The number of rotatable bonds is 9. The van der Waals surface area contributed by atoms with E-state index in [9.17, 15) is 0 Å². The van der Waals surface area contributed by atoms with E-state index in [0.717, 1.165) is 51.1 Å². The number of pyridine rings is 1. The zero-order valence-corrected chi connectivity index (χ0v) is 16.7. The lowest BCUT2D eigenvalue weighted by atomic mass is 9.97. The molecule has 0 amide bonds. The summed E-state index contributed by atoms with van der Waals surface area (Å²) in [4.78, 5) is 6.95. The molecule has 1 aliphatic heterocycles. The highest BCUT2D eigenvalue weighted by atomic mass is 35.5. The van der Waals surface area contributed by atoms with E-state index in [0.29, 0.717) is 24.3 Å². The maximum Gasteiger partial charge on any atom is 0.123 e. The molecule has 1 aromatic carbocycles. The van der Waals surface area contributed by atoms with Crippen molar-refractivity contribution in [2.45, 2.75) is 25.3 Å². The number of halogens is 1. The minimum Gasteiger partial charge on any atom is -0.384 e. The van der Waals surface area contributed by atoms with Crippen LogP contribution in [-0.2, 0) is 12.8 Å². The largest absolute Gasteiger partial charge is 0.384 e. The lowest BCUT2D eigenvalue weighted by molar-refractivity contribution is 0.330. The van der Waals surface area contributed by atoms with Gasteiger partial charge in [-0.1, -0.05) is 36.4 Å². The number of aromatic nitrogens is 1. The smallest absolute Gasteiger partial charge is 0.123 e. The highest BCUT2D eigenvalue weighted by Crippen LogP contribution is 2.21. The standard InChI is InChI=1S/C21H31N5.ClH/c22-11-13-26-15-18(14-19-9-4-10-21(23)25-19)20(16-26)24-12-5-8-17-6-2-1-3-7-17;/h1-4,6-7,9-10,18,20,24H,5,8,11-16,22H2,(H2,23,25);1H/t18-,20-;/m0./s1. The number of nitrogens with two attached hydrogens (primary N) is 2. The number of nitrogens with one attached hydrogen (secondary N) is 1. The van der Waals surface area contributed by atoms with E-state index in [2.05, 4.69) is 51.6 Å². The zero-order valence-electron chi connectivity index (χ0n) is 15.9. The van der Waals surface area contributed by atoms with Crippen molar-refractivity contribution in [1.29, 1.82) is 0 Å². The van der Waals surface area contributed by atoms with Gasteiger partial charge in [-0.15, -0.1) is 12.4 Å². The van der Waals surface area contributed by atoms with Gasteiger partial charge in [0.25, 0.3) is 0 Å². The molecule has 0 unspecified atom stereocenters. The van der Waals surface area contributed by atoms with Crippen molar-refractivity contribution < 1.29 is 0 Å². The summed E-state index contributed by atoms with van der Waals surface area (Å²) in [5.41, 5.74) is 14.1. The molecule has 1 aliphatic rings. The fourth-order valence-electron chi connectivity index (χ4n) is 3.87. The predicted molar refractivity (Wildman–Crippen MR) is 115 cm³/mol. The molecule has 5 N–H and O–H groups in total. The Morgan fingerprint density at radius 1 is 1.07 bits per heavy atom. The third-order valence-electron chi connectivity index (χ3n) is 5.15. The highest BCUT2D eigenvalue weighted by Gasteiger charge is 2.32. The average molecular weight is 390 g/mol. The molecule has 0 radical (unpaired) electrons. The summed E-state index contributed by atoms with van der Waals surface area (Å²) in [5.74, 6) is 1.15. The molecular weight excluding hydrogens is 358 g/mol. The van der Waals surface area contributed by atoms with Crippen LogP contribution in [0.5, 0.6) is 0 Å². The van der Waals surface area contributed by atoms with E-state index >= 15 is 0 Å². The van der Waals surface area contributed by atoms with E-state index in [1.165, 1.54) is 5.56 Å². The van der Waals surface area contributed by atoms with Crippen LogP contribution in [0.25, 0.3) is 0 Å². The molecule has 2 heterocycles. The summed E-state index contributed by atoms with van der Waals surface area (Å²) in [6, 6.07) is 17.1. The monoisotopic (exact) mass is 389 g/mol. The highest BCUT2D eigenvalue weighted by molar-refractivity contribution is 5.85. The number of likely N-dealkylation sites (tertiary alicyclic amines) is 1. The Balaban J connectivity index is 0.00000261. The van der Waals surface area contributed by atoms with Gasteiger partial charge in [-0.05, 0) is 49.4 Å². The number of nitrogens with zero attached hydrogens (tertiary/aromatic N) is 2. The molecule has 148 valence electrons. The van der Waals surface area contributed by atoms with Gasteiger partial charge in [-0.3, -0.25) is 0 Å². The molecule has 27 heavy (non-hydrogen) atoms. The summed E-state index contributed by atoms with van der Waals surface area (Å²) in [6.07, 6.45) is 3.23. The second-order valence-corrected chi connectivity index (χ2v) is 7.22. The van der Waals surface area contributed by atoms with Gasteiger partial charge in [-0.25, -0.2) is 4.98 Å². The number of hydrogen-bond donors (Lipinski definition) is 3. The van der Waals surface area contributed by atoms with Gasteiger partial charge < -0.3 is 21.7 Å². The van der Waals surface area contributed by atoms with Crippen molar-refractivity contribution in [3.05, 3.63) is 59.8 Å². The van der Waals surface area contributed by atoms with Crippen LogP contribution in [0.2, 0.25) is 0 Å². The predicted octanol–water partition coefficient (Wildman–Crippen LogP) is 2.11. The molecule has 1 aromatic heterocycles. The number of benzene rings is 1. The Morgan fingerprint density at radius 3 is 2.63 bits per heavy atom. The number of hydrogen-bond acceptors (Lipinski definition) is 5. The Hall–Kier alpha value is -1.66. The third-order valence-corrected chi connectivity index (χ3v) is 5.15. The number of anilines is 1. The fraction of sp³-hybridized carbons (Fsp3) is 0.476. The van der Waals surface area contributed by atoms with Crippen LogP contribution in [0.1, 0.15) is 17.7 Å². The quantitative estimate of drug-likeness (QED) is 0.572. The molecule has 2 atom stereocenters. The molecule has 0 aliphatic carbocycles. The van der Waals surface area contributed by atoms with Crippen molar-refractivity contribution in [1.82, 2.24) is 15.2 Å². The molecule has 1 fully saturated rings. The van der Waals surface area contributed by atoms with E-state index in [1.807, 2.05) is 12.1 Å². The molecule has 5 nitrogen and oxygen atoms in total. The minimum atomic E-state index is 0. The SMILES string of the molecule is Cl.NCCN1C[C@H](Cc2cccc(N)n2)[C@@H](NCCCc2ccccc2)C1. The topological polar surface area (TPSA) is 80.2 Å². The van der Waals surface area contributed by atoms with Gasteiger partial charge >= 0.3 is 0 Å². The molecule has 0 spiro atoms. The second kappa shape index (κ2) is 11.2. The van der Waals surface area contributed by atoms with Crippen LogP contribution < -0.4 is 16.8 Å². The van der Waals surface area contributed by atoms with Crippen LogP contribution in [-0.4, -0.2) is 48.6 Å². The van der Waals surface area contributed by atoms with Crippen molar-refractivity contribution in [3.8, 4) is 0 Å². The first-order chi connectivity index (χ1) is 12.7. The maximum atomic E-state index is 5.84. The summed E-state index contributed by atoms with van der Waals surface area (Å²) >= 11 is 0. The average Bonchev–Trinajstić information content (AvgIpc) is 3.01. The number of aryl methyl sites for hydroxylation is 1. The van der Waals surface area contributed by atoms with E-state index in [4.69, 9.17) is 11.5 Å². The zero-order chi connectivity index (χ0) is 18.2. The Bertz CT molecular complexity index is 667. The van der Waals surface area contributed by atoms with Crippen LogP contribution >= 0.6 is 12.4 Å². The van der Waals surface area contributed by atoms with Gasteiger partial charge in [0.1, 0.15) is 5.82 Å². The van der Waals surface area contributed by atoms with Gasteiger partial charge in [0.2, 0.25) is 0 Å². The van der Waals surface area contributed by atoms with Crippen LogP contribution in [0.15, 0.2) is 48.5 Å². The Morgan fingerprint density at radius 2 is 1.89 bits per heavy atom. The van der Waals surface area contributed by atoms with Crippen LogP contribution in [0.4, 0.5) is 5.82 Å². The number of nitrogen functional groups attached to an aromatic ring is 1. The van der Waals surface area contributed by atoms with Gasteiger partial charge in [0, 0.05) is 37.9 Å². The Labute approximate surface area is 168 Å². The molecule has 3 rings (SSSR count). The van der Waals surface area contributed by atoms with Crippen molar-refractivity contribution >= 4 is 18.2 Å². The summed E-state index contributed by atoms with van der Waals surface area (Å²) in [6.45, 7) is 4.85. The van der Waals surface area contributed by atoms with E-state index in [1.54, 1.807) is 0 Å². The van der Waals surface area contributed by atoms with Crippen molar-refractivity contribution in [2.24, 2.45) is 11.7 Å². The lowest BCUT2D eigenvalue weighted by Crippen LogP contribution is -2.38. The van der Waals surface area contributed by atoms with E-state index < -0.39 is 0 Å². The van der Waals surface area contributed by atoms with Gasteiger partial charge in [0.05, 0.1) is 0 Å². The minimum absolute atomic E-state index is 0. The third kappa shape index (κ3) is 6.78. The van der Waals surface area contributed by atoms with Crippen LogP contribution in [0.3, 0.4) is 0 Å². The molecular formula is C21H32ClN5. The van der Waals surface area contributed by atoms with Gasteiger partial charge in [0.15, 0.2) is 0 Å². The Kier molecular flexibility index (Phi) is 9.01. The molecule has 0 saturated carbocycles. The van der Waals surface area contributed by atoms with Crippen molar-refractivity contribution in [3.63, 3.8) is 0 Å².